The zero-order valence-corrected chi connectivity index (χ0v) is 22.2. The van der Waals surface area contributed by atoms with E-state index in [0.717, 1.165) is 17.1 Å². The summed E-state index contributed by atoms with van der Waals surface area (Å²) in [6.07, 6.45) is -0.360. The molecule has 1 aromatic heterocycles. The summed E-state index contributed by atoms with van der Waals surface area (Å²) >= 11 is 0. The van der Waals surface area contributed by atoms with E-state index in [1.807, 2.05) is 6.92 Å². The Morgan fingerprint density at radius 2 is 2.03 bits per heavy atom. The van der Waals surface area contributed by atoms with Gasteiger partial charge in [0.1, 0.15) is 23.6 Å². The van der Waals surface area contributed by atoms with Crippen LogP contribution in [0.3, 0.4) is 0 Å². The summed E-state index contributed by atoms with van der Waals surface area (Å²) < 4.78 is 43.4. The van der Waals surface area contributed by atoms with Crippen LogP contribution in [0.5, 0.6) is 5.75 Å². The molecular weight excluding hydrogens is 519 g/mol. The van der Waals surface area contributed by atoms with Crippen molar-refractivity contribution in [3.8, 4) is 5.75 Å². The van der Waals surface area contributed by atoms with Gasteiger partial charge in [-0.2, -0.15) is 0 Å². The second-order valence-electron chi connectivity index (χ2n) is 9.46. The van der Waals surface area contributed by atoms with Gasteiger partial charge in [0.05, 0.1) is 31.9 Å². The van der Waals surface area contributed by atoms with Crippen LogP contribution in [-0.4, -0.2) is 64.4 Å². The minimum absolute atomic E-state index is 0.264. The van der Waals surface area contributed by atoms with E-state index in [9.17, 15) is 24.1 Å². The first-order valence-electron chi connectivity index (χ1n) is 12.6. The molecule has 1 aromatic carbocycles. The van der Waals surface area contributed by atoms with Crippen LogP contribution in [0.15, 0.2) is 52.2 Å². The van der Waals surface area contributed by atoms with Crippen molar-refractivity contribution in [3.05, 3.63) is 63.4 Å². The van der Waals surface area contributed by atoms with E-state index in [-0.39, 0.29) is 25.1 Å². The minimum atomic E-state index is -3.96. The first kappa shape index (κ1) is 28.3. The summed E-state index contributed by atoms with van der Waals surface area (Å²) in [5, 5.41) is 11.1. The molecule has 208 valence electrons. The smallest absolute Gasteiger partial charge is 0.380 e. The number of nitrogens with zero attached hydrogens (tertiary/aromatic N) is 1. The van der Waals surface area contributed by atoms with Gasteiger partial charge in [-0.05, 0) is 18.6 Å². The van der Waals surface area contributed by atoms with Gasteiger partial charge in [-0.15, -0.1) is 0 Å². The molecule has 0 bridgehead atoms. The molecule has 4 rings (SSSR count). The van der Waals surface area contributed by atoms with Crippen LogP contribution >= 0.6 is 7.60 Å². The summed E-state index contributed by atoms with van der Waals surface area (Å²) in [5.74, 6) is -1.02. The number of aliphatic hydroxyl groups excluding tert-OH is 1. The zero-order valence-electron chi connectivity index (χ0n) is 21.3. The van der Waals surface area contributed by atoms with Gasteiger partial charge in [-0.1, -0.05) is 38.5 Å². The fraction of sp³-hybridized carbons (Fsp3) is 0.560. The highest BCUT2D eigenvalue weighted by Crippen LogP contribution is 2.52. The normalized spacial score (nSPS) is 26.9. The van der Waals surface area contributed by atoms with E-state index in [0.29, 0.717) is 19.4 Å². The van der Waals surface area contributed by atoms with Gasteiger partial charge in [-0.25, -0.2) is 9.36 Å². The molecule has 0 aliphatic carbocycles. The topological polar surface area (TPSA) is 155 Å². The van der Waals surface area contributed by atoms with E-state index >= 15 is 0 Å². The molecule has 0 saturated carbocycles. The van der Waals surface area contributed by atoms with E-state index in [1.54, 1.807) is 37.3 Å². The predicted molar refractivity (Wildman–Crippen MR) is 135 cm³/mol. The molecule has 2 fully saturated rings. The van der Waals surface area contributed by atoms with Crippen molar-refractivity contribution in [1.82, 2.24) is 9.55 Å². The van der Waals surface area contributed by atoms with E-state index < -0.39 is 54.8 Å². The van der Waals surface area contributed by atoms with Crippen molar-refractivity contribution < 1.29 is 37.7 Å². The first-order valence-corrected chi connectivity index (χ1v) is 14.3. The van der Waals surface area contributed by atoms with Gasteiger partial charge in [0.2, 0.25) is 0 Å². The summed E-state index contributed by atoms with van der Waals surface area (Å²) in [7, 11) is -3.96. The standard InChI is InChI=1S/C25H33N2O10P/c1-3-4-13-33-22(30)17(2)16-38(32,37-18-8-6-5-7-9-18)35-15-19-21(29)25(11-14-34-25)23(36-19)27-12-10-20(28)26-24(27)31/h5-10,12,17,19,21,23,29H,3-4,11,13-16H2,1-2H3,(H,26,28,31)/t17-,19-,21-,23-,25-,38?/m1/s1. The van der Waals surface area contributed by atoms with Gasteiger partial charge >= 0.3 is 19.3 Å². The number of ether oxygens (including phenoxy) is 3. The largest absolute Gasteiger partial charge is 0.465 e. The van der Waals surface area contributed by atoms with E-state index in [1.165, 1.54) is 6.20 Å². The molecule has 2 aromatic rings. The molecule has 3 heterocycles. The maximum Gasteiger partial charge on any atom is 0.380 e. The summed E-state index contributed by atoms with van der Waals surface area (Å²) in [6.45, 7) is 3.79. The van der Waals surface area contributed by atoms with Gasteiger partial charge in [0, 0.05) is 18.7 Å². The molecule has 6 atom stereocenters. The summed E-state index contributed by atoms with van der Waals surface area (Å²) in [6, 6.07) is 9.56. The lowest BCUT2D eigenvalue weighted by Crippen LogP contribution is -2.57. The molecule has 0 amide bonds. The van der Waals surface area contributed by atoms with Crippen molar-refractivity contribution in [3.63, 3.8) is 0 Å². The Kier molecular flexibility index (Phi) is 8.89. The fourth-order valence-corrected chi connectivity index (χ4v) is 6.31. The molecule has 38 heavy (non-hydrogen) atoms. The van der Waals surface area contributed by atoms with Gasteiger partial charge in [0.15, 0.2) is 6.23 Å². The molecular formula is C25H33N2O10P. The maximum absolute atomic E-state index is 13.9. The van der Waals surface area contributed by atoms with Crippen molar-refractivity contribution in [2.75, 3.05) is 26.0 Å². The second kappa shape index (κ2) is 12.0. The quantitative estimate of drug-likeness (QED) is 0.227. The lowest BCUT2D eigenvalue weighted by molar-refractivity contribution is -0.227. The van der Waals surface area contributed by atoms with Crippen molar-refractivity contribution in [2.24, 2.45) is 5.92 Å². The predicted octanol–water partition coefficient (Wildman–Crippen LogP) is 2.22. The number of nitrogens with one attached hydrogen (secondary N) is 1. The van der Waals surface area contributed by atoms with Crippen molar-refractivity contribution in [1.29, 1.82) is 0 Å². The van der Waals surface area contributed by atoms with E-state index in [2.05, 4.69) is 4.98 Å². The molecule has 1 unspecified atom stereocenters. The Hall–Kier alpha value is -2.76. The van der Waals surface area contributed by atoms with Crippen LogP contribution in [0.1, 0.15) is 39.3 Å². The number of unbranched alkanes of at least 4 members (excludes halogenated alkanes) is 1. The molecule has 12 nitrogen and oxygen atoms in total. The Morgan fingerprint density at radius 3 is 2.66 bits per heavy atom. The molecule has 2 N–H and O–H groups in total. The molecule has 2 aliphatic heterocycles. The third-order valence-electron chi connectivity index (χ3n) is 6.61. The number of hydrogen-bond acceptors (Lipinski definition) is 10. The Bertz CT molecular complexity index is 1260. The number of aromatic amines is 1. The van der Waals surface area contributed by atoms with Gasteiger partial charge in [-0.3, -0.25) is 23.7 Å². The number of carbonyl (C=O) groups is 1. The van der Waals surface area contributed by atoms with Crippen LogP contribution in [0.2, 0.25) is 0 Å². The number of aromatic nitrogens is 2. The third kappa shape index (κ3) is 6.10. The number of benzene rings is 1. The Balaban J connectivity index is 1.51. The van der Waals surface area contributed by atoms with Crippen LogP contribution in [0.25, 0.3) is 0 Å². The monoisotopic (exact) mass is 552 g/mol. The highest BCUT2D eigenvalue weighted by Gasteiger charge is 2.62. The minimum Gasteiger partial charge on any atom is -0.465 e. The average Bonchev–Trinajstić information content (AvgIpc) is 3.15. The first-order chi connectivity index (χ1) is 18.2. The van der Waals surface area contributed by atoms with E-state index in [4.69, 9.17) is 23.3 Å². The highest BCUT2D eigenvalue weighted by molar-refractivity contribution is 7.54. The number of rotatable bonds is 12. The number of carbonyl (C=O) groups excluding carboxylic acids is 1. The van der Waals surface area contributed by atoms with Crippen LogP contribution in [-0.2, 0) is 28.1 Å². The lowest BCUT2D eigenvalue weighted by atomic mass is 9.86. The highest BCUT2D eigenvalue weighted by atomic mass is 31.2. The molecule has 13 heteroatoms. The van der Waals surface area contributed by atoms with Crippen LogP contribution in [0, 0.1) is 5.92 Å². The number of para-hydroxylation sites is 1. The molecule has 2 saturated heterocycles. The van der Waals surface area contributed by atoms with Crippen LogP contribution < -0.4 is 15.8 Å². The molecule has 0 radical (unpaired) electrons. The summed E-state index contributed by atoms with van der Waals surface area (Å²) in [5.41, 5.74) is -2.54. The number of aliphatic hydroxyl groups is 1. The third-order valence-corrected chi connectivity index (χ3v) is 8.63. The number of H-pyrrole nitrogens is 1. The second-order valence-corrected chi connectivity index (χ2v) is 11.5. The van der Waals surface area contributed by atoms with Gasteiger partial charge in [0.25, 0.3) is 5.56 Å². The summed E-state index contributed by atoms with van der Waals surface area (Å²) in [4.78, 5) is 38.5. The van der Waals surface area contributed by atoms with Gasteiger partial charge < -0.3 is 23.8 Å². The Labute approximate surface area is 219 Å². The molecule has 2 aliphatic rings. The van der Waals surface area contributed by atoms with Crippen LogP contribution in [0.4, 0.5) is 0 Å². The molecule has 1 spiro atoms. The number of esters is 1. The zero-order chi connectivity index (χ0) is 27.3. The van der Waals surface area contributed by atoms with Crippen molar-refractivity contribution >= 4 is 13.6 Å². The number of hydrogen-bond donors (Lipinski definition) is 2. The lowest BCUT2D eigenvalue weighted by Gasteiger charge is -2.44. The SMILES string of the molecule is CCCCOC(=O)[C@H](C)CP(=O)(OC[C@H]1O[C@@H](n2ccc(=O)[nH]c2=O)[C@@]2(CCO2)[C@@H]1O)Oc1ccccc1. The maximum atomic E-state index is 13.9. The fourth-order valence-electron chi connectivity index (χ4n) is 4.44. The average molecular weight is 553 g/mol. The Morgan fingerprint density at radius 1 is 1.29 bits per heavy atom. The van der Waals surface area contributed by atoms with Crippen molar-refractivity contribution in [2.45, 2.75) is 57.1 Å².